The Bertz CT molecular complexity index is 115. The number of hydrogen-bond donors (Lipinski definition) is 0. The number of alkyl halides is 3. The maximum atomic E-state index is 12.0. The fraction of sp³-hybridized carbons (Fsp3) is 0.750. The van der Waals surface area contributed by atoms with Crippen molar-refractivity contribution in [2.45, 2.75) is 12.2 Å². The molecule has 1 atom stereocenters. The highest BCUT2D eigenvalue weighted by Crippen LogP contribution is 2.18. The minimum absolute atomic E-state index is 0.937. The zero-order chi connectivity index (χ0) is 7.49. The lowest BCUT2D eigenvalue weighted by Crippen LogP contribution is -2.24. The molecular weight excluding hydrogens is 153 g/mol. The molecule has 0 N–H and O–H groups in total. The summed E-state index contributed by atoms with van der Waals surface area (Å²) in [5.41, 5.74) is 0. The Morgan fingerprint density at radius 3 is 2.44 bits per heavy atom. The molecule has 0 spiro atoms. The molecule has 9 heavy (non-hydrogen) atoms. The van der Waals surface area contributed by atoms with Crippen molar-refractivity contribution in [1.82, 2.24) is 0 Å². The second kappa shape index (κ2) is 2.96. The molecule has 54 valence electrons. The third-order valence-corrected chi connectivity index (χ3v) is 0.627. The largest absolute Gasteiger partial charge is 0.412 e. The summed E-state index contributed by atoms with van der Waals surface area (Å²) in [4.78, 5) is 9.90. The van der Waals surface area contributed by atoms with Crippen LogP contribution in [-0.2, 0) is 9.53 Å². The van der Waals surface area contributed by atoms with E-state index in [2.05, 4.69) is 16.3 Å². The van der Waals surface area contributed by atoms with Crippen LogP contribution in [0.4, 0.5) is 8.78 Å². The van der Waals surface area contributed by atoms with E-state index in [9.17, 15) is 13.6 Å². The summed E-state index contributed by atoms with van der Waals surface area (Å²) in [6, 6.07) is 0. The molecule has 0 aliphatic rings. The van der Waals surface area contributed by atoms with E-state index in [1.165, 1.54) is 0 Å². The molecule has 0 aliphatic carbocycles. The van der Waals surface area contributed by atoms with E-state index >= 15 is 0 Å². The number of ether oxygens (including phenoxy) is 1. The van der Waals surface area contributed by atoms with Crippen LogP contribution in [-0.4, -0.2) is 18.0 Å². The van der Waals surface area contributed by atoms with Gasteiger partial charge in [0.1, 0.15) is 0 Å². The van der Waals surface area contributed by atoms with Crippen LogP contribution in [0.25, 0.3) is 0 Å². The lowest BCUT2D eigenvalue weighted by molar-refractivity contribution is -0.163. The van der Waals surface area contributed by atoms with Gasteiger partial charge in [-0.15, -0.1) is 0 Å². The van der Waals surface area contributed by atoms with Crippen molar-refractivity contribution < 1.29 is 18.3 Å². The number of rotatable bonds is 2. The molecule has 0 saturated carbocycles. The number of halogens is 3. The first-order valence-corrected chi connectivity index (χ1v) is 2.49. The van der Waals surface area contributed by atoms with E-state index in [0.29, 0.717) is 0 Å². The van der Waals surface area contributed by atoms with Gasteiger partial charge in [-0.2, -0.15) is 4.39 Å². The molecule has 2 nitrogen and oxygen atoms in total. The van der Waals surface area contributed by atoms with E-state index in [1.54, 1.807) is 0 Å². The number of carbonyl (C=O) groups is 1. The van der Waals surface area contributed by atoms with Gasteiger partial charge in [0.2, 0.25) is 0 Å². The summed E-state index contributed by atoms with van der Waals surface area (Å²) < 4.78 is 27.0. The van der Waals surface area contributed by atoms with Gasteiger partial charge in [-0.05, 0) is 11.6 Å². The summed E-state index contributed by atoms with van der Waals surface area (Å²) in [5, 5.41) is -2.98. The van der Waals surface area contributed by atoms with Crippen molar-refractivity contribution in [3.05, 3.63) is 0 Å². The van der Waals surface area contributed by atoms with Crippen molar-refractivity contribution in [1.29, 1.82) is 0 Å². The molecule has 0 heterocycles. The van der Waals surface area contributed by atoms with Gasteiger partial charge in [0, 0.05) is 6.92 Å². The van der Waals surface area contributed by atoms with Gasteiger partial charge >= 0.3 is 11.3 Å². The molecule has 0 bridgehead atoms. The number of carbonyl (C=O) groups excluding carboxylic acids is 1. The van der Waals surface area contributed by atoms with Crippen LogP contribution in [0.3, 0.4) is 0 Å². The van der Waals surface area contributed by atoms with Crippen LogP contribution in [0.1, 0.15) is 6.92 Å². The minimum Gasteiger partial charge on any atom is -0.412 e. The Balaban J connectivity index is 3.71. The van der Waals surface area contributed by atoms with Gasteiger partial charge in [0.25, 0.3) is 0 Å². The van der Waals surface area contributed by atoms with Gasteiger partial charge in [-0.3, -0.25) is 4.79 Å². The smallest absolute Gasteiger partial charge is 0.357 e. The fourth-order valence-electron chi connectivity index (χ4n) is 0.238. The van der Waals surface area contributed by atoms with Crippen molar-refractivity contribution >= 4 is 17.6 Å². The molecule has 0 aromatic heterocycles. The lowest BCUT2D eigenvalue weighted by atomic mass is 10.7. The van der Waals surface area contributed by atoms with Crippen LogP contribution < -0.4 is 0 Å². The van der Waals surface area contributed by atoms with Crippen LogP contribution in [0.15, 0.2) is 0 Å². The first kappa shape index (κ1) is 8.62. The summed E-state index contributed by atoms with van der Waals surface area (Å²) in [7, 11) is 0. The molecule has 1 unspecified atom stereocenters. The predicted molar refractivity (Wildman–Crippen MR) is 27.4 cm³/mol. The SMILES string of the molecule is CC(=O)OC(F)(Cl)CF. The van der Waals surface area contributed by atoms with Crippen molar-refractivity contribution in [2.24, 2.45) is 0 Å². The summed E-state index contributed by atoms with van der Waals surface area (Å²) >= 11 is 4.63. The van der Waals surface area contributed by atoms with E-state index in [4.69, 9.17) is 0 Å². The van der Waals surface area contributed by atoms with Crippen molar-refractivity contribution in [3.63, 3.8) is 0 Å². The zero-order valence-electron chi connectivity index (χ0n) is 4.66. The molecule has 0 saturated heterocycles. The molecule has 0 amide bonds. The monoisotopic (exact) mass is 158 g/mol. The second-order valence-electron chi connectivity index (χ2n) is 1.36. The Labute approximate surface area is 55.7 Å². The van der Waals surface area contributed by atoms with Gasteiger partial charge in [-0.1, -0.05) is 0 Å². The minimum atomic E-state index is -2.98. The summed E-state index contributed by atoms with van der Waals surface area (Å²) in [5.74, 6) is -0.954. The zero-order valence-corrected chi connectivity index (χ0v) is 5.41. The van der Waals surface area contributed by atoms with Crippen LogP contribution in [0.2, 0.25) is 0 Å². The standard InChI is InChI=1S/C4H5ClF2O2/c1-3(8)9-4(5,7)2-6/h2H2,1H3. The van der Waals surface area contributed by atoms with E-state index in [-0.39, 0.29) is 0 Å². The number of esters is 1. The van der Waals surface area contributed by atoms with Gasteiger partial charge in [0.05, 0.1) is 0 Å². The molecule has 5 heteroatoms. The third kappa shape index (κ3) is 4.14. The summed E-state index contributed by atoms with van der Waals surface area (Å²) in [6.07, 6.45) is 0. The van der Waals surface area contributed by atoms with Gasteiger partial charge in [-0.25, -0.2) is 4.39 Å². The van der Waals surface area contributed by atoms with E-state index in [0.717, 1.165) is 6.92 Å². The average Bonchev–Trinajstić information content (AvgIpc) is 1.63. The average molecular weight is 159 g/mol. The maximum absolute atomic E-state index is 12.0. The number of hydrogen-bond acceptors (Lipinski definition) is 2. The molecule has 0 rings (SSSR count). The quantitative estimate of drug-likeness (QED) is 0.448. The molecule has 0 aromatic rings. The lowest BCUT2D eigenvalue weighted by Gasteiger charge is -2.11. The Kier molecular flexibility index (Phi) is 2.84. The molecular formula is C4H5ClF2O2. The first-order chi connectivity index (χ1) is 3.98. The molecule has 0 radical (unpaired) electrons. The third-order valence-electron chi connectivity index (χ3n) is 0.449. The van der Waals surface area contributed by atoms with Gasteiger partial charge in [0.15, 0.2) is 6.67 Å². The Morgan fingerprint density at radius 2 is 2.33 bits per heavy atom. The second-order valence-corrected chi connectivity index (χ2v) is 1.93. The summed E-state index contributed by atoms with van der Waals surface area (Å²) in [6.45, 7) is -0.611. The highest BCUT2D eigenvalue weighted by Gasteiger charge is 2.29. The van der Waals surface area contributed by atoms with Crippen LogP contribution in [0, 0.1) is 0 Å². The van der Waals surface area contributed by atoms with Crippen LogP contribution >= 0.6 is 11.6 Å². The molecule has 0 aromatic carbocycles. The topological polar surface area (TPSA) is 26.3 Å². The maximum Gasteiger partial charge on any atom is 0.357 e. The van der Waals surface area contributed by atoms with Gasteiger partial charge < -0.3 is 4.74 Å². The predicted octanol–water partition coefficient (Wildman–Crippen LogP) is 1.38. The fourth-order valence-corrected chi connectivity index (χ4v) is 0.346. The highest BCUT2D eigenvalue weighted by molar-refractivity contribution is 6.22. The Hall–Kier alpha value is -0.380. The van der Waals surface area contributed by atoms with Crippen molar-refractivity contribution in [2.75, 3.05) is 6.67 Å². The van der Waals surface area contributed by atoms with E-state index in [1.807, 2.05) is 0 Å². The van der Waals surface area contributed by atoms with E-state index < -0.39 is 18.0 Å². The normalized spacial score (nSPS) is 16.4. The highest BCUT2D eigenvalue weighted by atomic mass is 35.5. The molecule has 0 fully saturated rings. The molecule has 0 aliphatic heterocycles. The first-order valence-electron chi connectivity index (χ1n) is 2.11. The van der Waals surface area contributed by atoms with Crippen LogP contribution in [0.5, 0.6) is 0 Å². The van der Waals surface area contributed by atoms with Crippen molar-refractivity contribution in [3.8, 4) is 0 Å². The Morgan fingerprint density at radius 1 is 1.89 bits per heavy atom.